The Labute approximate surface area is 110 Å². The minimum absolute atomic E-state index is 0.254. The van der Waals surface area contributed by atoms with Gasteiger partial charge in [0, 0.05) is 17.5 Å². The van der Waals surface area contributed by atoms with Gasteiger partial charge in [0.25, 0.3) is 0 Å². The largest absolute Gasteiger partial charge is 0.456 e. The van der Waals surface area contributed by atoms with E-state index in [0.29, 0.717) is 12.3 Å². The molecule has 0 aliphatic heterocycles. The predicted molar refractivity (Wildman–Crippen MR) is 74.4 cm³/mol. The molecule has 1 aromatic heterocycles. The normalized spacial score (nSPS) is 11.1. The van der Waals surface area contributed by atoms with Gasteiger partial charge in [-0.15, -0.1) is 0 Å². The van der Waals surface area contributed by atoms with Crippen LogP contribution < -0.4 is 5.32 Å². The molecule has 0 saturated heterocycles. The molecule has 0 radical (unpaired) electrons. The van der Waals surface area contributed by atoms with Crippen LogP contribution in [0.15, 0.2) is 52.9 Å². The van der Waals surface area contributed by atoms with Crippen LogP contribution in [0.2, 0.25) is 0 Å². The van der Waals surface area contributed by atoms with Crippen molar-refractivity contribution in [3.63, 3.8) is 0 Å². The summed E-state index contributed by atoms with van der Waals surface area (Å²) in [5.41, 5.74) is 2.63. The van der Waals surface area contributed by atoms with Crippen LogP contribution in [-0.2, 0) is 6.54 Å². The van der Waals surface area contributed by atoms with Crippen molar-refractivity contribution in [2.75, 3.05) is 7.05 Å². The summed E-state index contributed by atoms with van der Waals surface area (Å²) in [6, 6.07) is 14.5. The lowest BCUT2D eigenvalue weighted by Crippen LogP contribution is -2.06. The third kappa shape index (κ3) is 2.25. The molecule has 1 N–H and O–H groups in total. The van der Waals surface area contributed by atoms with Crippen molar-refractivity contribution < 1.29 is 8.81 Å². The summed E-state index contributed by atoms with van der Waals surface area (Å²) in [4.78, 5) is 0. The van der Waals surface area contributed by atoms with Crippen LogP contribution in [0.3, 0.4) is 0 Å². The highest BCUT2D eigenvalue weighted by Crippen LogP contribution is 2.30. The lowest BCUT2D eigenvalue weighted by Gasteiger charge is -2.06. The van der Waals surface area contributed by atoms with Crippen molar-refractivity contribution in [2.45, 2.75) is 6.54 Å². The zero-order chi connectivity index (χ0) is 13.2. The van der Waals surface area contributed by atoms with Crippen LogP contribution >= 0.6 is 0 Å². The van der Waals surface area contributed by atoms with Crippen molar-refractivity contribution in [3.8, 4) is 11.3 Å². The lowest BCUT2D eigenvalue weighted by atomic mass is 10.0. The monoisotopic (exact) mass is 255 g/mol. The van der Waals surface area contributed by atoms with E-state index in [9.17, 15) is 4.39 Å². The smallest absolute Gasteiger partial charge is 0.135 e. The second-order valence-electron chi connectivity index (χ2n) is 4.48. The highest BCUT2D eigenvalue weighted by atomic mass is 19.1. The molecule has 3 heteroatoms. The minimum Gasteiger partial charge on any atom is -0.456 e. The number of nitrogens with one attached hydrogen (secondary N) is 1. The van der Waals surface area contributed by atoms with E-state index in [1.807, 2.05) is 37.4 Å². The zero-order valence-corrected chi connectivity index (χ0v) is 10.6. The average molecular weight is 255 g/mol. The minimum atomic E-state index is -0.254. The average Bonchev–Trinajstić information content (AvgIpc) is 2.84. The first-order chi connectivity index (χ1) is 9.28. The fourth-order valence-electron chi connectivity index (χ4n) is 2.24. The molecular formula is C16H14FNO. The van der Waals surface area contributed by atoms with Gasteiger partial charge in [0.2, 0.25) is 0 Å². The lowest BCUT2D eigenvalue weighted by molar-refractivity contribution is 0.615. The first kappa shape index (κ1) is 11.9. The molecule has 0 aliphatic rings. The van der Waals surface area contributed by atoms with Gasteiger partial charge in [-0.1, -0.05) is 24.3 Å². The van der Waals surface area contributed by atoms with E-state index in [1.54, 1.807) is 6.07 Å². The van der Waals surface area contributed by atoms with Crippen LogP contribution in [-0.4, -0.2) is 7.05 Å². The van der Waals surface area contributed by atoms with Crippen molar-refractivity contribution in [3.05, 3.63) is 59.9 Å². The van der Waals surface area contributed by atoms with E-state index in [1.165, 1.54) is 12.1 Å². The topological polar surface area (TPSA) is 25.2 Å². The van der Waals surface area contributed by atoms with Gasteiger partial charge in [0.05, 0.1) is 0 Å². The van der Waals surface area contributed by atoms with Crippen molar-refractivity contribution in [1.29, 1.82) is 0 Å². The summed E-state index contributed by atoms with van der Waals surface area (Å²) >= 11 is 0. The number of para-hydroxylation sites is 1. The summed E-state index contributed by atoms with van der Waals surface area (Å²) in [5, 5.41) is 4.11. The summed E-state index contributed by atoms with van der Waals surface area (Å²) in [7, 11) is 1.87. The van der Waals surface area contributed by atoms with Crippen molar-refractivity contribution in [2.24, 2.45) is 0 Å². The maximum atomic E-state index is 13.5. The standard InChI is InChI=1S/C16H14FNO/c1-18-10-12-6-7-13(17)9-14(12)16-8-11-4-2-3-5-15(11)19-16/h2-9,18H,10H2,1H3. The second kappa shape index (κ2) is 4.86. The molecule has 0 aliphatic carbocycles. The number of fused-ring (bicyclic) bond motifs is 1. The molecule has 19 heavy (non-hydrogen) atoms. The summed E-state index contributed by atoms with van der Waals surface area (Å²) in [6.07, 6.45) is 0. The highest BCUT2D eigenvalue weighted by molar-refractivity contribution is 5.83. The van der Waals surface area contributed by atoms with Crippen LogP contribution in [0.1, 0.15) is 5.56 Å². The molecule has 1 heterocycles. The second-order valence-corrected chi connectivity index (χ2v) is 4.48. The fourth-order valence-corrected chi connectivity index (χ4v) is 2.24. The first-order valence-electron chi connectivity index (χ1n) is 6.20. The quantitative estimate of drug-likeness (QED) is 0.766. The Balaban J connectivity index is 2.16. The molecule has 0 bridgehead atoms. The molecule has 3 rings (SSSR count). The third-order valence-electron chi connectivity index (χ3n) is 3.13. The number of halogens is 1. The third-order valence-corrected chi connectivity index (χ3v) is 3.13. The zero-order valence-electron chi connectivity index (χ0n) is 10.6. The van der Waals surface area contributed by atoms with Gasteiger partial charge in [-0.05, 0) is 36.9 Å². The van der Waals surface area contributed by atoms with Crippen molar-refractivity contribution >= 4 is 11.0 Å². The fraction of sp³-hybridized carbons (Fsp3) is 0.125. The predicted octanol–water partition coefficient (Wildman–Crippen LogP) is 3.96. The Kier molecular flexibility index (Phi) is 3.05. The summed E-state index contributed by atoms with van der Waals surface area (Å²) < 4.78 is 19.3. The van der Waals surface area contributed by atoms with Crippen LogP contribution in [0.5, 0.6) is 0 Å². The van der Waals surface area contributed by atoms with Gasteiger partial charge >= 0.3 is 0 Å². The Hall–Kier alpha value is -2.13. The van der Waals surface area contributed by atoms with Crippen molar-refractivity contribution in [1.82, 2.24) is 5.32 Å². The summed E-state index contributed by atoms with van der Waals surface area (Å²) in [5.74, 6) is 0.446. The Morgan fingerprint density at radius 1 is 1.11 bits per heavy atom. The number of hydrogen-bond donors (Lipinski definition) is 1. The molecule has 2 aromatic carbocycles. The van der Waals surface area contributed by atoms with Gasteiger partial charge < -0.3 is 9.73 Å². The maximum absolute atomic E-state index is 13.5. The molecule has 0 unspecified atom stereocenters. The number of rotatable bonds is 3. The molecule has 96 valence electrons. The highest BCUT2D eigenvalue weighted by Gasteiger charge is 2.11. The Morgan fingerprint density at radius 2 is 1.95 bits per heavy atom. The first-order valence-corrected chi connectivity index (χ1v) is 6.20. The van der Waals surface area contributed by atoms with Gasteiger partial charge in [-0.25, -0.2) is 4.39 Å². The van der Waals surface area contributed by atoms with Gasteiger partial charge in [0.1, 0.15) is 17.2 Å². The number of hydrogen-bond acceptors (Lipinski definition) is 2. The van der Waals surface area contributed by atoms with Gasteiger partial charge in [0.15, 0.2) is 0 Å². The van der Waals surface area contributed by atoms with E-state index in [0.717, 1.165) is 22.1 Å². The van der Waals surface area contributed by atoms with E-state index >= 15 is 0 Å². The molecule has 0 atom stereocenters. The van der Waals surface area contributed by atoms with Gasteiger partial charge in [-0.3, -0.25) is 0 Å². The molecule has 3 aromatic rings. The molecular weight excluding hydrogens is 241 g/mol. The van der Waals surface area contributed by atoms with Crippen LogP contribution in [0.4, 0.5) is 4.39 Å². The molecule has 0 fully saturated rings. The van der Waals surface area contributed by atoms with E-state index in [2.05, 4.69) is 5.32 Å². The van der Waals surface area contributed by atoms with Crippen LogP contribution in [0, 0.1) is 5.82 Å². The molecule has 0 saturated carbocycles. The van der Waals surface area contributed by atoms with E-state index < -0.39 is 0 Å². The van der Waals surface area contributed by atoms with Gasteiger partial charge in [-0.2, -0.15) is 0 Å². The number of furan rings is 1. The molecule has 0 spiro atoms. The van der Waals surface area contributed by atoms with E-state index in [4.69, 9.17) is 4.42 Å². The van der Waals surface area contributed by atoms with Crippen LogP contribution in [0.25, 0.3) is 22.3 Å². The number of benzene rings is 2. The Bertz CT molecular complexity index is 685. The van der Waals surface area contributed by atoms with E-state index in [-0.39, 0.29) is 5.82 Å². The SMILES string of the molecule is CNCc1ccc(F)cc1-c1cc2ccccc2o1. The maximum Gasteiger partial charge on any atom is 0.135 e. The molecule has 0 amide bonds. The Morgan fingerprint density at radius 3 is 2.74 bits per heavy atom. The molecule has 2 nitrogen and oxygen atoms in total. The summed E-state index contributed by atoms with van der Waals surface area (Å²) in [6.45, 7) is 0.673.